The van der Waals surface area contributed by atoms with Crippen molar-refractivity contribution in [2.24, 2.45) is 0 Å². The van der Waals surface area contributed by atoms with Crippen molar-refractivity contribution in [1.82, 2.24) is 10.2 Å². The number of hydrogen-bond donors (Lipinski definition) is 1. The van der Waals surface area contributed by atoms with Gasteiger partial charge in [0.25, 0.3) is 0 Å². The van der Waals surface area contributed by atoms with E-state index in [2.05, 4.69) is 5.32 Å². The van der Waals surface area contributed by atoms with Crippen molar-refractivity contribution in [2.75, 3.05) is 24.6 Å². The number of amides is 1. The highest BCUT2D eigenvalue weighted by molar-refractivity contribution is 7.91. The Balaban J connectivity index is 2.00. The van der Waals surface area contributed by atoms with E-state index < -0.39 is 9.84 Å². The second-order valence-corrected chi connectivity index (χ2v) is 7.23. The van der Waals surface area contributed by atoms with Crippen LogP contribution in [0.5, 0.6) is 0 Å². The van der Waals surface area contributed by atoms with Crippen LogP contribution in [0.2, 0.25) is 0 Å². The van der Waals surface area contributed by atoms with Gasteiger partial charge in [-0.3, -0.25) is 4.79 Å². The van der Waals surface area contributed by atoms with Gasteiger partial charge in [0, 0.05) is 12.6 Å². The van der Waals surface area contributed by atoms with Crippen LogP contribution in [0.15, 0.2) is 0 Å². The second-order valence-electron chi connectivity index (χ2n) is 5.00. The molecule has 0 bridgehead atoms. The van der Waals surface area contributed by atoms with Gasteiger partial charge in [0.1, 0.15) is 0 Å². The van der Waals surface area contributed by atoms with Gasteiger partial charge in [-0.15, -0.1) is 0 Å². The summed E-state index contributed by atoms with van der Waals surface area (Å²) in [5, 5.41) is 3.22. The highest BCUT2D eigenvalue weighted by Crippen LogP contribution is 2.16. The smallest absolute Gasteiger partial charge is 0.240 e. The summed E-state index contributed by atoms with van der Waals surface area (Å²) in [7, 11) is -2.94. The molecule has 2 saturated heterocycles. The summed E-state index contributed by atoms with van der Waals surface area (Å²) in [4.78, 5) is 14.0. The number of nitrogens with zero attached hydrogens (tertiary/aromatic N) is 1. The molecule has 2 rings (SSSR count). The van der Waals surface area contributed by atoms with Crippen LogP contribution >= 0.6 is 0 Å². The molecule has 2 aliphatic heterocycles. The predicted octanol–water partition coefficient (Wildman–Crippen LogP) is -0.226. The van der Waals surface area contributed by atoms with E-state index in [4.69, 9.17) is 0 Å². The summed E-state index contributed by atoms with van der Waals surface area (Å²) in [6.45, 7) is 3.05. The molecule has 98 valence electrons. The zero-order valence-corrected chi connectivity index (χ0v) is 11.0. The van der Waals surface area contributed by atoms with E-state index in [0.29, 0.717) is 6.54 Å². The summed E-state index contributed by atoms with van der Waals surface area (Å²) in [6, 6.07) is -0.294. The number of sulfone groups is 1. The lowest BCUT2D eigenvalue weighted by atomic mass is 10.0. The molecule has 2 fully saturated rings. The largest absolute Gasteiger partial charge is 0.337 e. The normalized spacial score (nSPS) is 33.4. The van der Waals surface area contributed by atoms with Crippen LogP contribution < -0.4 is 5.32 Å². The minimum absolute atomic E-state index is 0.0760. The fraction of sp³-hybridized carbons (Fsp3) is 0.909. The molecule has 2 atom stereocenters. The van der Waals surface area contributed by atoms with E-state index in [9.17, 15) is 13.2 Å². The third-order valence-electron chi connectivity index (χ3n) is 3.56. The predicted molar refractivity (Wildman–Crippen MR) is 65.5 cm³/mol. The average molecular weight is 260 g/mol. The number of carbonyl (C=O) groups excluding carboxylic acids is 1. The Labute approximate surface area is 102 Å². The van der Waals surface area contributed by atoms with Crippen molar-refractivity contribution < 1.29 is 13.2 Å². The third kappa shape index (κ3) is 2.98. The molecule has 0 radical (unpaired) electrons. The maximum absolute atomic E-state index is 12.2. The van der Waals surface area contributed by atoms with Gasteiger partial charge in [-0.1, -0.05) is 6.42 Å². The zero-order valence-electron chi connectivity index (χ0n) is 10.2. The van der Waals surface area contributed by atoms with Gasteiger partial charge in [0.05, 0.1) is 17.5 Å². The Hall–Kier alpha value is -0.620. The maximum Gasteiger partial charge on any atom is 0.240 e. The van der Waals surface area contributed by atoms with E-state index in [1.807, 2.05) is 6.92 Å². The number of carbonyl (C=O) groups is 1. The van der Waals surface area contributed by atoms with Crippen LogP contribution in [0, 0.1) is 0 Å². The standard InChI is InChI=1S/C11H20N2O3S/c1-9-8-17(15,16)7-6-13(9)11(14)10-4-2-3-5-12-10/h9-10,12H,2-8H2,1H3/t9?,10-/m0/s1. The van der Waals surface area contributed by atoms with E-state index in [1.54, 1.807) is 4.90 Å². The molecule has 17 heavy (non-hydrogen) atoms. The monoisotopic (exact) mass is 260 g/mol. The molecule has 1 amide bonds. The number of rotatable bonds is 1. The number of hydrogen-bond acceptors (Lipinski definition) is 4. The van der Waals surface area contributed by atoms with Crippen molar-refractivity contribution in [1.29, 1.82) is 0 Å². The molecule has 2 heterocycles. The first-order chi connectivity index (χ1) is 7.99. The Bertz CT molecular complexity index is 388. The average Bonchev–Trinajstić information content (AvgIpc) is 2.28. The molecule has 1 unspecified atom stereocenters. The summed E-state index contributed by atoms with van der Waals surface area (Å²) in [6.07, 6.45) is 3.06. The van der Waals surface area contributed by atoms with Crippen LogP contribution in [-0.4, -0.2) is 55.9 Å². The quantitative estimate of drug-likeness (QED) is 0.707. The Morgan fingerprint density at radius 2 is 2.12 bits per heavy atom. The number of nitrogens with one attached hydrogen (secondary N) is 1. The summed E-state index contributed by atoms with van der Waals surface area (Å²) < 4.78 is 22.9. The first-order valence-electron chi connectivity index (χ1n) is 6.24. The summed E-state index contributed by atoms with van der Waals surface area (Å²) >= 11 is 0. The molecule has 1 N–H and O–H groups in total. The molecule has 0 spiro atoms. The fourth-order valence-corrected chi connectivity index (χ4v) is 4.15. The molecule has 2 aliphatic rings. The first kappa shape index (κ1) is 12.8. The molecule has 0 aliphatic carbocycles. The van der Waals surface area contributed by atoms with Gasteiger partial charge in [-0.05, 0) is 26.3 Å². The lowest BCUT2D eigenvalue weighted by Crippen LogP contribution is -2.56. The summed E-state index contributed by atoms with van der Waals surface area (Å²) in [5.74, 6) is 0.286. The Kier molecular flexibility index (Phi) is 3.73. The zero-order chi connectivity index (χ0) is 12.5. The number of piperidine rings is 1. The highest BCUT2D eigenvalue weighted by Gasteiger charge is 2.34. The second kappa shape index (κ2) is 4.94. The van der Waals surface area contributed by atoms with Crippen LogP contribution in [0.3, 0.4) is 0 Å². The van der Waals surface area contributed by atoms with Gasteiger partial charge in [0.15, 0.2) is 9.84 Å². The third-order valence-corrected chi connectivity index (χ3v) is 5.36. The Morgan fingerprint density at radius 3 is 2.71 bits per heavy atom. The SMILES string of the molecule is CC1CS(=O)(=O)CCN1C(=O)[C@@H]1CCCCN1. The van der Waals surface area contributed by atoms with Gasteiger partial charge in [-0.25, -0.2) is 8.42 Å². The maximum atomic E-state index is 12.2. The Morgan fingerprint density at radius 1 is 1.35 bits per heavy atom. The van der Waals surface area contributed by atoms with E-state index >= 15 is 0 Å². The fourth-order valence-electron chi connectivity index (χ4n) is 2.59. The molecule has 0 saturated carbocycles. The van der Waals surface area contributed by atoms with Gasteiger partial charge in [-0.2, -0.15) is 0 Å². The van der Waals surface area contributed by atoms with E-state index in [-0.39, 0.29) is 29.5 Å². The van der Waals surface area contributed by atoms with Crippen molar-refractivity contribution in [3.8, 4) is 0 Å². The van der Waals surface area contributed by atoms with Crippen molar-refractivity contribution in [3.63, 3.8) is 0 Å². The van der Waals surface area contributed by atoms with E-state index in [1.165, 1.54) is 0 Å². The van der Waals surface area contributed by atoms with Crippen molar-refractivity contribution in [3.05, 3.63) is 0 Å². The van der Waals surface area contributed by atoms with Crippen LogP contribution in [0.25, 0.3) is 0 Å². The minimum Gasteiger partial charge on any atom is -0.337 e. The topological polar surface area (TPSA) is 66.5 Å². The lowest BCUT2D eigenvalue weighted by molar-refractivity contribution is -0.135. The van der Waals surface area contributed by atoms with Crippen molar-refractivity contribution >= 4 is 15.7 Å². The molecular weight excluding hydrogens is 240 g/mol. The molecule has 5 nitrogen and oxygen atoms in total. The minimum atomic E-state index is -2.94. The summed E-state index contributed by atoms with van der Waals surface area (Å²) in [5.41, 5.74) is 0. The van der Waals surface area contributed by atoms with Crippen LogP contribution in [0.1, 0.15) is 26.2 Å². The molecule has 0 aromatic rings. The van der Waals surface area contributed by atoms with Gasteiger partial charge in [0.2, 0.25) is 5.91 Å². The van der Waals surface area contributed by atoms with Crippen LogP contribution in [-0.2, 0) is 14.6 Å². The molecular formula is C11H20N2O3S. The molecule has 0 aromatic heterocycles. The van der Waals surface area contributed by atoms with Crippen molar-refractivity contribution in [2.45, 2.75) is 38.3 Å². The lowest BCUT2D eigenvalue weighted by Gasteiger charge is -2.36. The van der Waals surface area contributed by atoms with Gasteiger partial charge >= 0.3 is 0 Å². The molecule has 0 aromatic carbocycles. The van der Waals surface area contributed by atoms with Crippen LogP contribution in [0.4, 0.5) is 0 Å². The first-order valence-corrected chi connectivity index (χ1v) is 8.06. The molecule has 6 heteroatoms. The van der Waals surface area contributed by atoms with E-state index in [0.717, 1.165) is 25.8 Å². The van der Waals surface area contributed by atoms with Gasteiger partial charge < -0.3 is 10.2 Å². The highest BCUT2D eigenvalue weighted by atomic mass is 32.2.